The van der Waals surface area contributed by atoms with E-state index in [1.54, 1.807) is 6.20 Å². The van der Waals surface area contributed by atoms with Crippen LogP contribution >= 0.6 is 15.9 Å². The van der Waals surface area contributed by atoms with Crippen LogP contribution in [0.2, 0.25) is 0 Å². The molecule has 0 aliphatic heterocycles. The number of nitrogens with zero attached hydrogens (tertiary/aromatic N) is 1. The van der Waals surface area contributed by atoms with Gasteiger partial charge in [-0.3, -0.25) is 0 Å². The average Bonchev–Trinajstić information content (AvgIpc) is 2.13. The second-order valence-corrected chi connectivity index (χ2v) is 6.16. The van der Waals surface area contributed by atoms with E-state index in [0.29, 0.717) is 13.1 Å². The number of nitrogens with one attached hydrogen (secondary N) is 2. The van der Waals surface area contributed by atoms with Crippen LogP contribution in [0, 0.1) is 6.92 Å². The maximum Gasteiger partial charge on any atom is 0.208 e. The molecule has 2 N–H and O–H groups in total. The topological polar surface area (TPSA) is 71.1 Å². The van der Waals surface area contributed by atoms with Gasteiger partial charge in [-0.2, -0.15) is 0 Å². The molecule has 0 saturated heterocycles. The minimum absolute atomic E-state index is 0.343. The molecule has 0 aliphatic rings. The van der Waals surface area contributed by atoms with Crippen molar-refractivity contribution < 1.29 is 8.42 Å². The molecule has 7 heteroatoms. The summed E-state index contributed by atoms with van der Waals surface area (Å²) in [5.74, 6) is 0.763. The van der Waals surface area contributed by atoms with Crippen LogP contribution in [0.15, 0.2) is 16.7 Å². The quantitative estimate of drug-likeness (QED) is 0.800. The number of rotatable bonds is 5. The Labute approximate surface area is 104 Å². The Hall–Kier alpha value is -0.660. The molecule has 0 aliphatic carbocycles. The van der Waals surface area contributed by atoms with E-state index in [9.17, 15) is 8.42 Å². The fourth-order valence-electron chi connectivity index (χ4n) is 1.14. The maximum atomic E-state index is 10.8. The third-order valence-electron chi connectivity index (χ3n) is 1.83. The number of anilines is 1. The zero-order chi connectivity index (χ0) is 12.2. The average molecular weight is 308 g/mol. The zero-order valence-corrected chi connectivity index (χ0v) is 11.5. The summed E-state index contributed by atoms with van der Waals surface area (Å²) in [6.07, 6.45) is 2.83. The van der Waals surface area contributed by atoms with Gasteiger partial charge in [0.1, 0.15) is 5.82 Å². The lowest BCUT2D eigenvalue weighted by Crippen LogP contribution is -2.27. The van der Waals surface area contributed by atoms with E-state index in [-0.39, 0.29) is 0 Å². The highest BCUT2D eigenvalue weighted by atomic mass is 79.9. The predicted octanol–water partition coefficient (Wildman–Crippen LogP) is 1.11. The largest absolute Gasteiger partial charge is 0.369 e. The Kier molecular flexibility index (Phi) is 4.69. The van der Waals surface area contributed by atoms with Gasteiger partial charge in [0, 0.05) is 23.8 Å². The van der Waals surface area contributed by atoms with E-state index in [2.05, 4.69) is 31.0 Å². The summed E-state index contributed by atoms with van der Waals surface area (Å²) < 4.78 is 24.9. The molecule has 0 spiro atoms. The summed E-state index contributed by atoms with van der Waals surface area (Å²) in [5, 5.41) is 3.05. The molecular formula is C9H14BrN3O2S. The van der Waals surface area contributed by atoms with Crippen molar-refractivity contribution in [2.45, 2.75) is 6.92 Å². The second kappa shape index (κ2) is 5.60. The first-order valence-corrected chi connectivity index (χ1v) is 7.37. The van der Waals surface area contributed by atoms with Crippen molar-refractivity contribution in [2.75, 3.05) is 24.7 Å². The van der Waals surface area contributed by atoms with Gasteiger partial charge in [0.2, 0.25) is 10.0 Å². The highest BCUT2D eigenvalue weighted by Gasteiger charge is 2.01. The molecule has 16 heavy (non-hydrogen) atoms. The fraction of sp³-hybridized carbons (Fsp3) is 0.444. The standard InChI is InChI=1S/C9H14BrN3O2S/c1-7-5-8(10)6-12-9(7)11-3-4-13-16(2,14)15/h5-6,13H,3-4H2,1-2H3,(H,11,12). The Morgan fingerprint density at radius 1 is 1.44 bits per heavy atom. The van der Waals surface area contributed by atoms with Crippen molar-refractivity contribution in [3.05, 3.63) is 22.3 Å². The summed E-state index contributed by atoms with van der Waals surface area (Å²) in [6, 6.07) is 1.94. The van der Waals surface area contributed by atoms with Gasteiger partial charge in [-0.05, 0) is 34.5 Å². The Morgan fingerprint density at radius 2 is 2.12 bits per heavy atom. The van der Waals surface area contributed by atoms with Crippen molar-refractivity contribution in [1.29, 1.82) is 0 Å². The van der Waals surface area contributed by atoms with Gasteiger partial charge in [0.05, 0.1) is 6.26 Å². The summed E-state index contributed by atoms with van der Waals surface area (Å²) >= 11 is 3.32. The van der Waals surface area contributed by atoms with Gasteiger partial charge in [-0.15, -0.1) is 0 Å². The van der Waals surface area contributed by atoms with Gasteiger partial charge in [0.15, 0.2) is 0 Å². The number of pyridine rings is 1. The number of hydrogen-bond donors (Lipinski definition) is 2. The SMILES string of the molecule is Cc1cc(Br)cnc1NCCNS(C)(=O)=O. The van der Waals surface area contributed by atoms with Crippen LogP contribution in [-0.2, 0) is 10.0 Å². The van der Waals surface area contributed by atoms with E-state index < -0.39 is 10.0 Å². The smallest absolute Gasteiger partial charge is 0.208 e. The third kappa shape index (κ3) is 4.91. The van der Waals surface area contributed by atoms with Crippen LogP contribution in [0.25, 0.3) is 0 Å². The summed E-state index contributed by atoms with van der Waals surface area (Å²) in [7, 11) is -3.11. The Bertz CT molecular complexity index is 462. The normalized spacial score (nSPS) is 11.4. The second-order valence-electron chi connectivity index (χ2n) is 3.41. The molecule has 1 rings (SSSR count). The minimum atomic E-state index is -3.11. The summed E-state index contributed by atoms with van der Waals surface area (Å²) in [6.45, 7) is 2.78. The Morgan fingerprint density at radius 3 is 2.69 bits per heavy atom. The first kappa shape index (κ1) is 13.4. The lowest BCUT2D eigenvalue weighted by Gasteiger charge is -2.08. The molecule has 0 unspecified atom stereocenters. The van der Waals surface area contributed by atoms with Gasteiger partial charge in [-0.25, -0.2) is 18.1 Å². The van der Waals surface area contributed by atoms with E-state index in [1.165, 1.54) is 0 Å². The maximum absolute atomic E-state index is 10.8. The van der Waals surface area contributed by atoms with Crippen molar-refractivity contribution in [3.63, 3.8) is 0 Å². The first-order valence-electron chi connectivity index (χ1n) is 4.69. The number of hydrogen-bond acceptors (Lipinski definition) is 4. The number of halogens is 1. The molecule has 0 radical (unpaired) electrons. The van der Waals surface area contributed by atoms with Crippen molar-refractivity contribution in [2.24, 2.45) is 0 Å². The monoisotopic (exact) mass is 307 g/mol. The third-order valence-corrected chi connectivity index (χ3v) is 2.99. The number of aryl methyl sites for hydroxylation is 1. The molecule has 1 aromatic heterocycles. The highest BCUT2D eigenvalue weighted by Crippen LogP contribution is 2.16. The molecular weight excluding hydrogens is 294 g/mol. The van der Waals surface area contributed by atoms with Crippen LogP contribution in [-0.4, -0.2) is 32.7 Å². The van der Waals surface area contributed by atoms with Gasteiger partial charge < -0.3 is 5.32 Å². The summed E-state index contributed by atoms with van der Waals surface area (Å²) in [5.41, 5.74) is 1.01. The van der Waals surface area contributed by atoms with E-state index >= 15 is 0 Å². The molecule has 5 nitrogen and oxygen atoms in total. The first-order chi connectivity index (χ1) is 7.38. The molecule has 90 valence electrons. The number of sulfonamides is 1. The molecule has 0 bridgehead atoms. The lowest BCUT2D eigenvalue weighted by atomic mass is 10.3. The van der Waals surface area contributed by atoms with Crippen LogP contribution in [0.4, 0.5) is 5.82 Å². The molecule has 1 aromatic rings. The van der Waals surface area contributed by atoms with E-state index in [4.69, 9.17) is 0 Å². The molecule has 0 aromatic carbocycles. The van der Waals surface area contributed by atoms with Gasteiger partial charge in [0.25, 0.3) is 0 Å². The molecule has 0 saturated carbocycles. The van der Waals surface area contributed by atoms with E-state index in [1.807, 2.05) is 13.0 Å². The zero-order valence-electron chi connectivity index (χ0n) is 9.12. The van der Waals surface area contributed by atoms with Gasteiger partial charge >= 0.3 is 0 Å². The number of aromatic nitrogens is 1. The van der Waals surface area contributed by atoms with Crippen LogP contribution < -0.4 is 10.0 Å². The Balaban J connectivity index is 2.43. The van der Waals surface area contributed by atoms with Crippen LogP contribution in [0.1, 0.15) is 5.56 Å². The molecule has 0 fully saturated rings. The van der Waals surface area contributed by atoms with E-state index in [0.717, 1.165) is 22.1 Å². The van der Waals surface area contributed by atoms with Crippen molar-refractivity contribution >= 4 is 31.8 Å². The van der Waals surface area contributed by atoms with Gasteiger partial charge in [-0.1, -0.05) is 0 Å². The lowest BCUT2D eigenvalue weighted by molar-refractivity contribution is 0.589. The van der Waals surface area contributed by atoms with Crippen LogP contribution in [0.3, 0.4) is 0 Å². The minimum Gasteiger partial charge on any atom is -0.369 e. The highest BCUT2D eigenvalue weighted by molar-refractivity contribution is 9.10. The van der Waals surface area contributed by atoms with Crippen molar-refractivity contribution in [3.8, 4) is 0 Å². The fourth-order valence-corrected chi connectivity index (χ4v) is 2.06. The summed E-state index contributed by atoms with van der Waals surface area (Å²) in [4.78, 5) is 4.18. The molecule has 0 amide bonds. The predicted molar refractivity (Wildman–Crippen MR) is 68.0 cm³/mol. The van der Waals surface area contributed by atoms with Crippen molar-refractivity contribution in [1.82, 2.24) is 9.71 Å². The molecule has 1 heterocycles. The molecule has 0 atom stereocenters. The van der Waals surface area contributed by atoms with Crippen LogP contribution in [0.5, 0.6) is 0 Å².